The molecule has 2 aliphatic rings. The summed E-state index contributed by atoms with van der Waals surface area (Å²) in [5, 5.41) is 10.1. The molecule has 7 nitrogen and oxygen atoms in total. The van der Waals surface area contributed by atoms with Crippen LogP contribution in [0.25, 0.3) is 0 Å². The standard InChI is InChI=1S/C25H30N4O3/c1-16(2)22-21(17(3)32-29-22)24(31)28-25(12-5-4-6-13-25)14-11-18-7-10-20(26-15-18)27-23(30)19-8-9-19/h7,10,15-16,19H,4-6,8-9,12-13H2,1-3H3,(H,28,31)(H,26,27,30). The number of carbonyl (C=O) groups is 2. The lowest BCUT2D eigenvalue weighted by Gasteiger charge is -2.33. The highest BCUT2D eigenvalue weighted by Crippen LogP contribution is 2.31. The highest BCUT2D eigenvalue weighted by atomic mass is 16.5. The summed E-state index contributed by atoms with van der Waals surface area (Å²) >= 11 is 0. The average molecular weight is 435 g/mol. The number of aromatic nitrogens is 2. The highest BCUT2D eigenvalue weighted by molar-refractivity contribution is 5.97. The van der Waals surface area contributed by atoms with Gasteiger partial charge >= 0.3 is 0 Å². The second-order valence-electron chi connectivity index (χ2n) is 9.20. The maximum Gasteiger partial charge on any atom is 0.258 e. The molecular formula is C25H30N4O3. The van der Waals surface area contributed by atoms with Crippen LogP contribution in [0.4, 0.5) is 5.82 Å². The molecule has 168 valence electrons. The van der Waals surface area contributed by atoms with Gasteiger partial charge < -0.3 is 15.2 Å². The quantitative estimate of drug-likeness (QED) is 0.683. The van der Waals surface area contributed by atoms with Gasteiger partial charge in [-0.05, 0) is 50.7 Å². The SMILES string of the molecule is Cc1onc(C(C)C)c1C(=O)NC1(C#Cc2ccc(NC(=O)C3CC3)nc2)CCCCC1. The Hall–Kier alpha value is -3.14. The van der Waals surface area contributed by atoms with Crippen molar-refractivity contribution in [2.75, 3.05) is 5.32 Å². The van der Waals surface area contributed by atoms with Crippen molar-refractivity contribution < 1.29 is 14.1 Å². The van der Waals surface area contributed by atoms with E-state index in [1.54, 1.807) is 19.2 Å². The smallest absolute Gasteiger partial charge is 0.258 e. The minimum atomic E-state index is -0.591. The van der Waals surface area contributed by atoms with Crippen LogP contribution in [0.15, 0.2) is 22.9 Å². The lowest BCUT2D eigenvalue weighted by molar-refractivity contribution is -0.117. The Morgan fingerprint density at radius 1 is 1.19 bits per heavy atom. The van der Waals surface area contributed by atoms with E-state index in [0.29, 0.717) is 22.8 Å². The van der Waals surface area contributed by atoms with Crippen LogP contribution in [0.3, 0.4) is 0 Å². The Bertz CT molecular complexity index is 1050. The van der Waals surface area contributed by atoms with Crippen LogP contribution >= 0.6 is 0 Å². The number of hydrogen-bond acceptors (Lipinski definition) is 5. The van der Waals surface area contributed by atoms with E-state index in [2.05, 4.69) is 32.6 Å². The monoisotopic (exact) mass is 434 g/mol. The molecule has 0 spiro atoms. The van der Waals surface area contributed by atoms with Crippen molar-refractivity contribution in [3.63, 3.8) is 0 Å². The molecule has 2 fully saturated rings. The normalized spacial score (nSPS) is 17.4. The van der Waals surface area contributed by atoms with Crippen LogP contribution in [0.2, 0.25) is 0 Å². The van der Waals surface area contributed by atoms with E-state index < -0.39 is 5.54 Å². The summed E-state index contributed by atoms with van der Waals surface area (Å²) in [6.07, 6.45) is 8.34. The summed E-state index contributed by atoms with van der Waals surface area (Å²) in [5.41, 5.74) is 1.35. The lowest BCUT2D eigenvalue weighted by atomic mass is 9.81. The molecule has 0 unspecified atom stereocenters. The first-order valence-electron chi connectivity index (χ1n) is 11.5. The van der Waals surface area contributed by atoms with Crippen LogP contribution in [-0.4, -0.2) is 27.5 Å². The molecule has 32 heavy (non-hydrogen) atoms. The molecule has 2 heterocycles. The second kappa shape index (κ2) is 9.15. The first kappa shape index (κ1) is 22.1. The predicted octanol–water partition coefficient (Wildman–Crippen LogP) is 4.33. The van der Waals surface area contributed by atoms with E-state index in [0.717, 1.165) is 50.5 Å². The van der Waals surface area contributed by atoms with Gasteiger partial charge in [0.2, 0.25) is 5.91 Å². The number of nitrogens with one attached hydrogen (secondary N) is 2. The topological polar surface area (TPSA) is 97.1 Å². The van der Waals surface area contributed by atoms with Crippen LogP contribution in [0.1, 0.15) is 92.1 Å². The minimum Gasteiger partial charge on any atom is -0.361 e. The van der Waals surface area contributed by atoms with E-state index in [4.69, 9.17) is 4.52 Å². The van der Waals surface area contributed by atoms with Gasteiger partial charge in [-0.3, -0.25) is 9.59 Å². The van der Waals surface area contributed by atoms with Gasteiger partial charge in [0.1, 0.15) is 22.7 Å². The number of pyridine rings is 1. The fourth-order valence-electron chi connectivity index (χ4n) is 4.08. The van der Waals surface area contributed by atoms with Crippen LogP contribution in [-0.2, 0) is 4.79 Å². The third-order valence-corrected chi connectivity index (χ3v) is 6.13. The third-order valence-electron chi connectivity index (χ3n) is 6.13. The van der Waals surface area contributed by atoms with Crippen molar-refractivity contribution in [2.45, 2.75) is 77.2 Å². The molecular weight excluding hydrogens is 404 g/mol. The molecule has 2 aromatic rings. The lowest BCUT2D eigenvalue weighted by Crippen LogP contribution is -2.49. The summed E-state index contributed by atoms with van der Waals surface area (Å²) in [7, 11) is 0. The average Bonchev–Trinajstić information content (AvgIpc) is 3.55. The van der Waals surface area contributed by atoms with Crippen molar-refractivity contribution in [1.29, 1.82) is 0 Å². The molecule has 0 bridgehead atoms. The van der Waals surface area contributed by atoms with Crippen LogP contribution < -0.4 is 10.6 Å². The van der Waals surface area contributed by atoms with Crippen LogP contribution in [0.5, 0.6) is 0 Å². The molecule has 0 radical (unpaired) electrons. The third kappa shape index (κ3) is 5.01. The van der Waals surface area contributed by atoms with E-state index in [1.165, 1.54) is 0 Å². The van der Waals surface area contributed by atoms with Gasteiger partial charge in [0.05, 0.1) is 5.69 Å². The predicted molar refractivity (Wildman–Crippen MR) is 121 cm³/mol. The number of rotatable bonds is 5. The van der Waals surface area contributed by atoms with Gasteiger partial charge in [0.15, 0.2) is 0 Å². The molecule has 2 amide bonds. The first-order chi connectivity index (χ1) is 15.4. The van der Waals surface area contributed by atoms with Gasteiger partial charge in [-0.2, -0.15) is 0 Å². The highest BCUT2D eigenvalue weighted by Gasteiger charge is 2.34. The van der Waals surface area contributed by atoms with Crippen molar-refractivity contribution in [3.05, 3.63) is 40.9 Å². The molecule has 2 N–H and O–H groups in total. The minimum absolute atomic E-state index is 0.0324. The van der Waals surface area contributed by atoms with E-state index >= 15 is 0 Å². The summed E-state index contributed by atoms with van der Waals surface area (Å²) in [6.45, 7) is 5.75. The Morgan fingerprint density at radius 2 is 1.94 bits per heavy atom. The molecule has 4 rings (SSSR count). The molecule has 0 saturated heterocycles. The number of amides is 2. The molecule has 2 saturated carbocycles. The molecule has 0 aliphatic heterocycles. The van der Waals surface area contributed by atoms with Gasteiger partial charge in [-0.15, -0.1) is 0 Å². The number of nitrogens with zero attached hydrogens (tertiary/aromatic N) is 2. The van der Waals surface area contributed by atoms with Gasteiger partial charge in [-0.1, -0.05) is 50.1 Å². The van der Waals surface area contributed by atoms with E-state index in [1.807, 2.05) is 19.9 Å². The summed E-state index contributed by atoms with van der Waals surface area (Å²) in [4.78, 5) is 29.4. The molecule has 2 aliphatic carbocycles. The Morgan fingerprint density at radius 3 is 2.56 bits per heavy atom. The van der Waals surface area contributed by atoms with Crippen molar-refractivity contribution in [3.8, 4) is 11.8 Å². The Labute approximate surface area is 188 Å². The molecule has 0 aromatic carbocycles. The van der Waals surface area contributed by atoms with Crippen molar-refractivity contribution in [1.82, 2.24) is 15.5 Å². The van der Waals surface area contributed by atoms with Crippen molar-refractivity contribution in [2.24, 2.45) is 5.92 Å². The van der Waals surface area contributed by atoms with Gasteiger partial charge in [0, 0.05) is 17.7 Å². The summed E-state index contributed by atoms with van der Waals surface area (Å²) in [6, 6.07) is 3.62. The maximum atomic E-state index is 13.2. The zero-order valence-corrected chi connectivity index (χ0v) is 19.0. The number of hydrogen-bond donors (Lipinski definition) is 2. The number of carbonyl (C=O) groups excluding carboxylic acids is 2. The first-order valence-corrected chi connectivity index (χ1v) is 11.5. The second-order valence-corrected chi connectivity index (χ2v) is 9.20. The largest absolute Gasteiger partial charge is 0.361 e. The number of aryl methyl sites for hydroxylation is 1. The summed E-state index contributed by atoms with van der Waals surface area (Å²) in [5.74, 6) is 7.68. The Balaban J connectivity index is 1.52. The zero-order chi connectivity index (χ0) is 22.7. The maximum absolute atomic E-state index is 13.2. The van der Waals surface area contributed by atoms with Crippen LogP contribution in [0, 0.1) is 24.7 Å². The van der Waals surface area contributed by atoms with E-state index in [-0.39, 0.29) is 23.7 Å². The fourth-order valence-corrected chi connectivity index (χ4v) is 4.08. The Kier molecular flexibility index (Phi) is 6.31. The number of anilines is 1. The molecule has 2 aromatic heterocycles. The van der Waals surface area contributed by atoms with E-state index in [9.17, 15) is 9.59 Å². The molecule has 7 heteroatoms. The molecule has 0 atom stereocenters. The fraction of sp³-hybridized carbons (Fsp3) is 0.520. The zero-order valence-electron chi connectivity index (χ0n) is 19.0. The summed E-state index contributed by atoms with van der Waals surface area (Å²) < 4.78 is 5.30. The van der Waals surface area contributed by atoms with Gasteiger partial charge in [0.25, 0.3) is 5.91 Å². The van der Waals surface area contributed by atoms with Crippen molar-refractivity contribution >= 4 is 17.6 Å². The van der Waals surface area contributed by atoms with Gasteiger partial charge in [-0.25, -0.2) is 4.98 Å².